The van der Waals surface area contributed by atoms with Gasteiger partial charge >= 0.3 is 0 Å². The SMILES string of the molecule is Nc1cccc2c1C(=O)c1c(O)ccc(O)c1C2=O. The van der Waals surface area contributed by atoms with E-state index in [-0.39, 0.29) is 39.4 Å². The molecule has 0 bridgehead atoms. The molecular formula is C14H9NO4. The largest absolute Gasteiger partial charge is 0.507 e. The van der Waals surface area contributed by atoms with Crippen LogP contribution in [-0.4, -0.2) is 21.8 Å². The summed E-state index contributed by atoms with van der Waals surface area (Å²) >= 11 is 0. The molecule has 3 rings (SSSR count). The molecule has 2 aromatic carbocycles. The van der Waals surface area contributed by atoms with Crippen LogP contribution in [0.5, 0.6) is 11.5 Å². The molecule has 94 valence electrons. The highest BCUT2D eigenvalue weighted by atomic mass is 16.3. The molecule has 0 atom stereocenters. The molecule has 5 nitrogen and oxygen atoms in total. The normalized spacial score (nSPS) is 13.1. The van der Waals surface area contributed by atoms with Gasteiger partial charge in [-0.05, 0) is 18.2 Å². The lowest BCUT2D eigenvalue weighted by atomic mass is 9.82. The highest BCUT2D eigenvalue weighted by Crippen LogP contribution is 2.38. The molecule has 0 spiro atoms. The summed E-state index contributed by atoms with van der Waals surface area (Å²) in [6.07, 6.45) is 0. The van der Waals surface area contributed by atoms with E-state index in [4.69, 9.17) is 5.73 Å². The first-order chi connectivity index (χ1) is 9.02. The van der Waals surface area contributed by atoms with Crippen LogP contribution >= 0.6 is 0 Å². The molecule has 19 heavy (non-hydrogen) atoms. The number of hydrogen-bond acceptors (Lipinski definition) is 5. The van der Waals surface area contributed by atoms with Gasteiger partial charge in [-0.15, -0.1) is 0 Å². The molecule has 5 heteroatoms. The van der Waals surface area contributed by atoms with Crippen LogP contribution in [0.15, 0.2) is 30.3 Å². The topological polar surface area (TPSA) is 101 Å². The molecule has 0 saturated heterocycles. The summed E-state index contributed by atoms with van der Waals surface area (Å²) < 4.78 is 0. The lowest BCUT2D eigenvalue weighted by molar-refractivity contribution is 0.0975. The Kier molecular flexibility index (Phi) is 2.13. The van der Waals surface area contributed by atoms with Gasteiger partial charge < -0.3 is 15.9 Å². The molecule has 0 heterocycles. The molecular weight excluding hydrogens is 246 g/mol. The van der Waals surface area contributed by atoms with Crippen LogP contribution in [0.3, 0.4) is 0 Å². The average Bonchev–Trinajstić information content (AvgIpc) is 2.38. The van der Waals surface area contributed by atoms with Crippen molar-refractivity contribution in [1.82, 2.24) is 0 Å². The first kappa shape index (κ1) is 11.3. The highest BCUT2D eigenvalue weighted by molar-refractivity contribution is 6.31. The van der Waals surface area contributed by atoms with Crippen molar-refractivity contribution in [3.05, 3.63) is 52.6 Å². The van der Waals surface area contributed by atoms with Crippen LogP contribution in [0.1, 0.15) is 31.8 Å². The Morgan fingerprint density at radius 1 is 0.789 bits per heavy atom. The van der Waals surface area contributed by atoms with E-state index < -0.39 is 11.6 Å². The van der Waals surface area contributed by atoms with Crippen LogP contribution in [-0.2, 0) is 0 Å². The Morgan fingerprint density at radius 3 is 2.00 bits per heavy atom. The summed E-state index contributed by atoms with van der Waals surface area (Å²) in [4.78, 5) is 24.6. The van der Waals surface area contributed by atoms with Crippen LogP contribution < -0.4 is 5.73 Å². The zero-order valence-electron chi connectivity index (χ0n) is 9.68. The van der Waals surface area contributed by atoms with Gasteiger partial charge in [-0.3, -0.25) is 9.59 Å². The van der Waals surface area contributed by atoms with Crippen LogP contribution in [0.4, 0.5) is 5.69 Å². The quantitative estimate of drug-likeness (QED) is 0.417. The molecule has 0 aliphatic heterocycles. The Morgan fingerprint density at radius 2 is 1.37 bits per heavy atom. The van der Waals surface area contributed by atoms with E-state index in [2.05, 4.69) is 0 Å². The van der Waals surface area contributed by atoms with Gasteiger partial charge in [0.1, 0.15) is 11.5 Å². The van der Waals surface area contributed by atoms with Crippen molar-refractivity contribution >= 4 is 17.3 Å². The molecule has 1 aliphatic rings. The fraction of sp³-hybridized carbons (Fsp3) is 0. The maximum atomic E-state index is 12.3. The number of anilines is 1. The van der Waals surface area contributed by atoms with Crippen molar-refractivity contribution in [1.29, 1.82) is 0 Å². The van der Waals surface area contributed by atoms with E-state index in [0.717, 1.165) is 0 Å². The third kappa shape index (κ3) is 1.35. The Hall–Kier alpha value is -2.82. The Balaban J connectivity index is 2.43. The van der Waals surface area contributed by atoms with Gasteiger partial charge in [-0.1, -0.05) is 12.1 Å². The second-order valence-corrected chi connectivity index (χ2v) is 4.28. The highest BCUT2D eigenvalue weighted by Gasteiger charge is 2.35. The second kappa shape index (κ2) is 3.58. The Bertz CT molecular complexity index is 749. The van der Waals surface area contributed by atoms with E-state index in [9.17, 15) is 19.8 Å². The van der Waals surface area contributed by atoms with Crippen LogP contribution in [0, 0.1) is 0 Å². The molecule has 0 amide bonds. The lowest BCUT2D eigenvalue weighted by Crippen LogP contribution is -2.22. The number of carbonyl (C=O) groups excluding carboxylic acids is 2. The smallest absolute Gasteiger partial charge is 0.200 e. The minimum atomic E-state index is -0.559. The molecule has 0 aromatic heterocycles. The standard InChI is InChI=1S/C14H9NO4/c15-7-3-1-2-6-10(7)14(19)12-9(17)5-4-8(16)11(12)13(6)18/h1-5,16-17H,15H2. The van der Waals surface area contributed by atoms with Crippen molar-refractivity contribution < 1.29 is 19.8 Å². The van der Waals surface area contributed by atoms with E-state index in [0.29, 0.717) is 0 Å². The maximum Gasteiger partial charge on any atom is 0.200 e. The maximum absolute atomic E-state index is 12.3. The van der Waals surface area contributed by atoms with Gasteiger partial charge in [0.15, 0.2) is 11.6 Å². The molecule has 0 fully saturated rings. The van der Waals surface area contributed by atoms with Crippen molar-refractivity contribution in [2.24, 2.45) is 0 Å². The number of rotatable bonds is 0. The zero-order valence-corrected chi connectivity index (χ0v) is 9.68. The first-order valence-corrected chi connectivity index (χ1v) is 5.55. The van der Waals surface area contributed by atoms with Crippen molar-refractivity contribution in [2.75, 3.05) is 5.73 Å². The summed E-state index contributed by atoms with van der Waals surface area (Å²) in [5.74, 6) is -1.76. The van der Waals surface area contributed by atoms with Crippen LogP contribution in [0.2, 0.25) is 0 Å². The van der Waals surface area contributed by atoms with Gasteiger partial charge in [0.05, 0.1) is 16.7 Å². The number of nitrogen functional groups attached to an aromatic ring is 1. The summed E-state index contributed by atoms with van der Waals surface area (Å²) in [5, 5.41) is 19.5. The molecule has 0 unspecified atom stereocenters. The second-order valence-electron chi connectivity index (χ2n) is 4.28. The number of nitrogens with two attached hydrogens (primary N) is 1. The van der Waals surface area contributed by atoms with Gasteiger partial charge in [0.2, 0.25) is 0 Å². The predicted molar refractivity (Wildman–Crippen MR) is 67.5 cm³/mol. The van der Waals surface area contributed by atoms with Gasteiger partial charge in [0.25, 0.3) is 0 Å². The van der Waals surface area contributed by atoms with Gasteiger partial charge in [-0.2, -0.15) is 0 Å². The van der Waals surface area contributed by atoms with E-state index in [1.165, 1.54) is 24.3 Å². The van der Waals surface area contributed by atoms with Crippen molar-refractivity contribution in [3.8, 4) is 11.5 Å². The zero-order chi connectivity index (χ0) is 13.7. The first-order valence-electron chi connectivity index (χ1n) is 5.55. The number of fused-ring (bicyclic) bond motifs is 2. The summed E-state index contributed by atoms with van der Waals surface area (Å²) in [5.41, 5.74) is 5.72. The minimum absolute atomic E-state index is 0.0703. The van der Waals surface area contributed by atoms with Crippen LogP contribution in [0.25, 0.3) is 0 Å². The molecule has 1 aliphatic carbocycles. The molecule has 4 N–H and O–H groups in total. The minimum Gasteiger partial charge on any atom is -0.507 e. The number of phenols is 2. The Labute approximate surface area is 107 Å². The third-order valence-electron chi connectivity index (χ3n) is 3.18. The number of ketones is 2. The lowest BCUT2D eigenvalue weighted by Gasteiger charge is -2.20. The molecule has 2 aromatic rings. The number of aromatic hydroxyl groups is 2. The molecule has 0 saturated carbocycles. The van der Waals surface area contributed by atoms with E-state index >= 15 is 0 Å². The fourth-order valence-electron chi connectivity index (χ4n) is 2.31. The predicted octanol–water partition coefficient (Wildman–Crippen LogP) is 1.46. The van der Waals surface area contributed by atoms with Crippen molar-refractivity contribution in [3.63, 3.8) is 0 Å². The summed E-state index contributed by atoms with van der Waals surface area (Å²) in [6.45, 7) is 0. The van der Waals surface area contributed by atoms with Gasteiger partial charge in [0, 0.05) is 11.3 Å². The number of benzene rings is 2. The summed E-state index contributed by atoms with van der Waals surface area (Å²) in [6, 6.07) is 6.89. The monoisotopic (exact) mass is 255 g/mol. The van der Waals surface area contributed by atoms with E-state index in [1.54, 1.807) is 6.07 Å². The number of phenolic OH excluding ortho intramolecular Hbond substituents is 2. The summed E-state index contributed by atoms with van der Waals surface area (Å²) in [7, 11) is 0. The fourth-order valence-corrected chi connectivity index (χ4v) is 2.31. The van der Waals surface area contributed by atoms with E-state index in [1.807, 2.05) is 0 Å². The average molecular weight is 255 g/mol. The number of carbonyl (C=O) groups is 2. The molecule has 0 radical (unpaired) electrons. The van der Waals surface area contributed by atoms with Gasteiger partial charge in [-0.25, -0.2) is 0 Å². The third-order valence-corrected chi connectivity index (χ3v) is 3.18. The number of hydrogen-bond donors (Lipinski definition) is 3. The van der Waals surface area contributed by atoms with Crippen molar-refractivity contribution in [2.45, 2.75) is 0 Å².